The van der Waals surface area contributed by atoms with Crippen LogP contribution in [-0.4, -0.2) is 22.8 Å². The summed E-state index contributed by atoms with van der Waals surface area (Å²) in [5.41, 5.74) is 4.38. The van der Waals surface area contributed by atoms with E-state index in [-0.39, 0.29) is 29.2 Å². The molecule has 1 atom stereocenters. The number of carbonyl (C=O) groups is 2. The van der Waals surface area contributed by atoms with Gasteiger partial charge in [0, 0.05) is 17.4 Å². The van der Waals surface area contributed by atoms with Gasteiger partial charge in [0.1, 0.15) is 11.4 Å². The van der Waals surface area contributed by atoms with E-state index in [9.17, 15) is 9.59 Å². The van der Waals surface area contributed by atoms with Crippen LogP contribution in [-0.2, 0) is 12.8 Å². The topological polar surface area (TPSA) is 62.3 Å². The van der Waals surface area contributed by atoms with E-state index in [2.05, 4.69) is 10.3 Å². The van der Waals surface area contributed by atoms with E-state index in [0.29, 0.717) is 0 Å². The monoisotopic (exact) mass is 385 g/mol. The molecule has 1 aliphatic rings. The van der Waals surface area contributed by atoms with Gasteiger partial charge in [-0.3, -0.25) is 9.59 Å². The molecule has 1 aliphatic heterocycles. The molecule has 1 N–H and O–H groups in total. The minimum atomic E-state index is -0.324. The first-order valence-electron chi connectivity index (χ1n) is 9.86. The first-order valence-corrected chi connectivity index (χ1v) is 9.86. The summed E-state index contributed by atoms with van der Waals surface area (Å²) in [5.74, 6) is -0.513. The first-order chi connectivity index (χ1) is 14.1. The highest BCUT2D eigenvalue weighted by Crippen LogP contribution is 2.32. The van der Waals surface area contributed by atoms with Crippen molar-refractivity contribution in [3.63, 3.8) is 0 Å². The van der Waals surface area contributed by atoms with Crippen molar-refractivity contribution >= 4 is 23.2 Å². The van der Waals surface area contributed by atoms with Crippen molar-refractivity contribution in [2.24, 2.45) is 0 Å². The Morgan fingerprint density at radius 1 is 1.00 bits per heavy atom. The van der Waals surface area contributed by atoms with E-state index in [1.54, 1.807) is 23.1 Å². The van der Waals surface area contributed by atoms with Crippen LogP contribution in [0.2, 0.25) is 0 Å². The number of para-hydroxylation sites is 2. The van der Waals surface area contributed by atoms with E-state index in [1.807, 2.05) is 62.4 Å². The number of amides is 2. The third kappa shape index (κ3) is 3.63. The Hall–Kier alpha value is -3.47. The fourth-order valence-corrected chi connectivity index (χ4v) is 3.82. The molecule has 2 aromatic carbocycles. The van der Waals surface area contributed by atoms with Crippen molar-refractivity contribution in [1.29, 1.82) is 0 Å². The average Bonchev–Trinajstić information content (AvgIpc) is 3.09. The molecule has 0 aliphatic carbocycles. The zero-order chi connectivity index (χ0) is 20.4. The maximum atomic E-state index is 13.2. The zero-order valence-corrected chi connectivity index (χ0v) is 16.6. The van der Waals surface area contributed by atoms with Crippen LogP contribution in [0.25, 0.3) is 0 Å². The first kappa shape index (κ1) is 18.9. The van der Waals surface area contributed by atoms with Gasteiger partial charge in [-0.2, -0.15) is 0 Å². The van der Waals surface area contributed by atoms with E-state index < -0.39 is 0 Å². The summed E-state index contributed by atoms with van der Waals surface area (Å²) in [5, 5.41) is 2.91. The molecule has 5 nitrogen and oxygen atoms in total. The molecule has 0 bridgehead atoms. The van der Waals surface area contributed by atoms with Crippen LogP contribution in [0.4, 0.5) is 11.4 Å². The van der Waals surface area contributed by atoms with E-state index >= 15 is 0 Å². The normalized spacial score (nSPS) is 15.1. The fraction of sp³-hybridized carbons (Fsp3) is 0.208. The van der Waals surface area contributed by atoms with Crippen LogP contribution in [0, 0.1) is 0 Å². The molecule has 0 fully saturated rings. The minimum Gasteiger partial charge on any atom is -0.320 e. The Balaban J connectivity index is 1.59. The molecule has 29 heavy (non-hydrogen) atoms. The highest BCUT2D eigenvalue weighted by Gasteiger charge is 2.32. The van der Waals surface area contributed by atoms with Crippen molar-refractivity contribution < 1.29 is 9.59 Å². The standard InChI is InChI=1S/C24H23N3O2/c1-3-17-9-4-6-11-19(17)26-23(28)20-12-8-13-21(25-20)24(29)27-16(2)15-18-10-5-7-14-22(18)27/h4-14,16H,3,15H2,1-2H3,(H,26,28). The molecule has 3 aromatic rings. The maximum absolute atomic E-state index is 13.2. The Morgan fingerprint density at radius 3 is 2.55 bits per heavy atom. The molecule has 0 radical (unpaired) electrons. The van der Waals surface area contributed by atoms with Gasteiger partial charge in [0.2, 0.25) is 0 Å². The number of benzene rings is 2. The summed E-state index contributed by atoms with van der Waals surface area (Å²) < 4.78 is 0. The maximum Gasteiger partial charge on any atom is 0.277 e. The van der Waals surface area contributed by atoms with Gasteiger partial charge in [-0.05, 0) is 55.2 Å². The van der Waals surface area contributed by atoms with Gasteiger partial charge in [0.05, 0.1) is 0 Å². The molecule has 0 saturated carbocycles. The number of pyridine rings is 1. The third-order valence-electron chi connectivity index (χ3n) is 5.27. The van der Waals surface area contributed by atoms with E-state index in [0.717, 1.165) is 35.3 Å². The fourth-order valence-electron chi connectivity index (χ4n) is 3.82. The second-order valence-corrected chi connectivity index (χ2v) is 7.23. The summed E-state index contributed by atoms with van der Waals surface area (Å²) in [6.07, 6.45) is 1.63. The number of aryl methyl sites for hydroxylation is 1. The number of hydrogen-bond acceptors (Lipinski definition) is 3. The number of rotatable bonds is 4. The molecule has 4 rings (SSSR count). The Labute approximate surface area is 170 Å². The highest BCUT2D eigenvalue weighted by molar-refractivity contribution is 6.08. The Morgan fingerprint density at radius 2 is 1.72 bits per heavy atom. The summed E-state index contributed by atoms with van der Waals surface area (Å²) in [7, 11) is 0. The van der Waals surface area contributed by atoms with Crippen molar-refractivity contribution in [2.45, 2.75) is 32.7 Å². The summed E-state index contributed by atoms with van der Waals surface area (Å²) >= 11 is 0. The van der Waals surface area contributed by atoms with Crippen LogP contribution in [0.15, 0.2) is 66.7 Å². The number of aromatic nitrogens is 1. The Bertz CT molecular complexity index is 1080. The van der Waals surface area contributed by atoms with Crippen molar-refractivity contribution in [2.75, 3.05) is 10.2 Å². The minimum absolute atomic E-state index is 0.0515. The smallest absolute Gasteiger partial charge is 0.277 e. The van der Waals surface area contributed by atoms with E-state index in [4.69, 9.17) is 0 Å². The number of hydrogen-bond donors (Lipinski definition) is 1. The lowest BCUT2D eigenvalue weighted by Gasteiger charge is -2.22. The molecule has 1 aromatic heterocycles. The van der Waals surface area contributed by atoms with Gasteiger partial charge < -0.3 is 10.2 Å². The van der Waals surface area contributed by atoms with Crippen LogP contribution < -0.4 is 10.2 Å². The molecule has 2 heterocycles. The number of nitrogens with zero attached hydrogens (tertiary/aromatic N) is 2. The number of nitrogens with one attached hydrogen (secondary N) is 1. The van der Waals surface area contributed by atoms with Gasteiger partial charge in [0.15, 0.2) is 0 Å². The molecule has 0 saturated heterocycles. The number of anilines is 2. The molecule has 1 unspecified atom stereocenters. The third-order valence-corrected chi connectivity index (χ3v) is 5.27. The molecular formula is C24H23N3O2. The zero-order valence-electron chi connectivity index (χ0n) is 16.6. The molecular weight excluding hydrogens is 362 g/mol. The molecule has 5 heteroatoms. The van der Waals surface area contributed by atoms with Crippen molar-refractivity contribution in [3.8, 4) is 0 Å². The SMILES string of the molecule is CCc1ccccc1NC(=O)c1cccc(C(=O)N2c3ccccc3CC2C)n1. The van der Waals surface area contributed by atoms with Crippen molar-refractivity contribution in [3.05, 3.63) is 89.2 Å². The molecule has 0 spiro atoms. The van der Waals surface area contributed by atoms with Crippen LogP contribution in [0.3, 0.4) is 0 Å². The van der Waals surface area contributed by atoms with Gasteiger partial charge in [0.25, 0.3) is 11.8 Å². The highest BCUT2D eigenvalue weighted by atomic mass is 16.2. The van der Waals surface area contributed by atoms with Crippen LogP contribution in [0.5, 0.6) is 0 Å². The van der Waals surface area contributed by atoms with Crippen LogP contribution >= 0.6 is 0 Å². The van der Waals surface area contributed by atoms with Crippen LogP contribution in [0.1, 0.15) is 46.0 Å². The lowest BCUT2D eigenvalue weighted by atomic mass is 10.1. The van der Waals surface area contributed by atoms with Gasteiger partial charge in [-0.25, -0.2) is 4.98 Å². The predicted octanol–water partition coefficient (Wildman–Crippen LogP) is 4.49. The average molecular weight is 385 g/mol. The molecule has 2 amide bonds. The number of fused-ring (bicyclic) bond motifs is 1. The predicted molar refractivity (Wildman–Crippen MR) is 114 cm³/mol. The lowest BCUT2D eigenvalue weighted by Crippen LogP contribution is -2.36. The largest absolute Gasteiger partial charge is 0.320 e. The number of carbonyl (C=O) groups excluding carboxylic acids is 2. The van der Waals surface area contributed by atoms with Crippen molar-refractivity contribution in [1.82, 2.24) is 4.98 Å². The van der Waals surface area contributed by atoms with Gasteiger partial charge >= 0.3 is 0 Å². The summed E-state index contributed by atoms with van der Waals surface area (Å²) in [4.78, 5) is 32.1. The summed E-state index contributed by atoms with van der Waals surface area (Å²) in [6, 6.07) is 20.6. The second kappa shape index (κ2) is 7.87. The van der Waals surface area contributed by atoms with Gasteiger partial charge in [-0.15, -0.1) is 0 Å². The summed E-state index contributed by atoms with van der Waals surface area (Å²) in [6.45, 7) is 4.06. The quantitative estimate of drug-likeness (QED) is 0.720. The van der Waals surface area contributed by atoms with Gasteiger partial charge in [-0.1, -0.05) is 49.4 Å². The van der Waals surface area contributed by atoms with E-state index in [1.165, 1.54) is 0 Å². The molecule has 146 valence electrons. The Kier molecular flexibility index (Phi) is 5.12. The lowest BCUT2D eigenvalue weighted by molar-refractivity contribution is 0.0976. The second-order valence-electron chi connectivity index (χ2n) is 7.23.